The Balaban J connectivity index is 2.10. The third kappa shape index (κ3) is 3.66. The maximum Gasteiger partial charge on any atom is 0.124 e. The van der Waals surface area contributed by atoms with E-state index < -0.39 is 0 Å². The highest BCUT2D eigenvalue weighted by atomic mass is 32.1. The van der Waals surface area contributed by atoms with Crippen molar-refractivity contribution in [1.82, 2.24) is 5.32 Å². The normalized spacial score (nSPS) is 12.3. The van der Waals surface area contributed by atoms with Gasteiger partial charge < -0.3 is 5.32 Å². The fraction of sp³-hybridized carbons (Fsp3) is 0.312. The van der Waals surface area contributed by atoms with Crippen LogP contribution in [0.5, 0.6) is 0 Å². The van der Waals surface area contributed by atoms with Gasteiger partial charge in [-0.3, -0.25) is 0 Å². The van der Waals surface area contributed by atoms with Crippen molar-refractivity contribution in [2.75, 3.05) is 0 Å². The van der Waals surface area contributed by atoms with E-state index in [0.29, 0.717) is 18.0 Å². The smallest absolute Gasteiger partial charge is 0.124 e. The number of rotatable bonds is 5. The van der Waals surface area contributed by atoms with E-state index in [1.165, 1.54) is 17.0 Å². The van der Waals surface area contributed by atoms with Gasteiger partial charge in [-0.25, -0.2) is 4.39 Å². The molecule has 0 aliphatic carbocycles. The minimum atomic E-state index is -0.363. The van der Waals surface area contributed by atoms with Crippen molar-refractivity contribution in [2.24, 2.45) is 5.92 Å². The third-order valence-corrected chi connectivity index (χ3v) is 4.08. The van der Waals surface area contributed by atoms with Crippen LogP contribution >= 0.6 is 11.3 Å². The van der Waals surface area contributed by atoms with Crippen molar-refractivity contribution in [3.8, 4) is 6.07 Å². The first-order valence-electron chi connectivity index (χ1n) is 6.56. The quantitative estimate of drug-likeness (QED) is 0.893. The van der Waals surface area contributed by atoms with Crippen LogP contribution in [0.3, 0.4) is 0 Å². The average molecular weight is 288 g/mol. The first-order chi connectivity index (χ1) is 9.60. The van der Waals surface area contributed by atoms with Gasteiger partial charge in [-0.1, -0.05) is 19.9 Å². The molecule has 0 amide bonds. The van der Waals surface area contributed by atoms with Crippen LogP contribution < -0.4 is 5.32 Å². The summed E-state index contributed by atoms with van der Waals surface area (Å²) in [5, 5.41) is 14.4. The van der Waals surface area contributed by atoms with Crippen molar-refractivity contribution >= 4 is 11.3 Å². The van der Waals surface area contributed by atoms with Gasteiger partial charge in [0.05, 0.1) is 11.6 Å². The fourth-order valence-corrected chi connectivity index (χ4v) is 3.15. The number of nitriles is 1. The van der Waals surface area contributed by atoms with Crippen LogP contribution in [0.25, 0.3) is 0 Å². The van der Waals surface area contributed by atoms with E-state index in [2.05, 4.69) is 30.6 Å². The van der Waals surface area contributed by atoms with Crippen molar-refractivity contribution in [3.63, 3.8) is 0 Å². The van der Waals surface area contributed by atoms with Crippen molar-refractivity contribution < 1.29 is 4.39 Å². The first-order valence-corrected chi connectivity index (χ1v) is 7.44. The zero-order chi connectivity index (χ0) is 14.5. The minimum Gasteiger partial charge on any atom is -0.305 e. The van der Waals surface area contributed by atoms with Gasteiger partial charge in [0.15, 0.2) is 0 Å². The molecule has 2 nitrogen and oxygen atoms in total. The molecule has 0 fully saturated rings. The lowest BCUT2D eigenvalue weighted by Gasteiger charge is -2.21. The van der Waals surface area contributed by atoms with E-state index in [1.54, 1.807) is 17.4 Å². The van der Waals surface area contributed by atoms with Crippen LogP contribution in [0.15, 0.2) is 35.7 Å². The molecule has 1 N–H and O–H groups in total. The Bertz CT molecular complexity index is 599. The molecule has 1 heterocycles. The molecular weight excluding hydrogens is 271 g/mol. The monoisotopic (exact) mass is 288 g/mol. The van der Waals surface area contributed by atoms with E-state index >= 15 is 0 Å². The second-order valence-corrected chi connectivity index (χ2v) is 6.06. The number of benzene rings is 1. The number of nitrogens with one attached hydrogen (secondary N) is 1. The summed E-state index contributed by atoms with van der Waals surface area (Å²) in [6.07, 6.45) is 0. The SMILES string of the molecule is CC(C)C(NCc1cc(F)cc(C#N)c1)c1cccs1. The van der Waals surface area contributed by atoms with E-state index in [-0.39, 0.29) is 11.9 Å². The molecule has 4 heteroatoms. The topological polar surface area (TPSA) is 35.8 Å². The van der Waals surface area contributed by atoms with Crippen LogP contribution in [0, 0.1) is 23.1 Å². The highest BCUT2D eigenvalue weighted by Crippen LogP contribution is 2.26. The van der Waals surface area contributed by atoms with E-state index in [0.717, 1.165) is 5.56 Å². The average Bonchev–Trinajstić information content (AvgIpc) is 2.91. The maximum atomic E-state index is 13.4. The predicted octanol–water partition coefficient (Wildman–Crippen LogP) is 4.25. The summed E-state index contributed by atoms with van der Waals surface area (Å²) in [6.45, 7) is 4.86. The van der Waals surface area contributed by atoms with E-state index in [1.807, 2.05) is 12.1 Å². The lowest BCUT2D eigenvalue weighted by molar-refractivity contribution is 0.416. The summed E-state index contributed by atoms with van der Waals surface area (Å²) in [6, 6.07) is 10.8. The van der Waals surface area contributed by atoms with Gasteiger partial charge in [0, 0.05) is 17.5 Å². The van der Waals surface area contributed by atoms with Crippen molar-refractivity contribution in [1.29, 1.82) is 5.26 Å². The zero-order valence-electron chi connectivity index (χ0n) is 11.6. The summed E-state index contributed by atoms with van der Waals surface area (Å²) >= 11 is 1.72. The highest BCUT2D eigenvalue weighted by Gasteiger charge is 2.16. The standard InChI is InChI=1S/C16H17FN2S/c1-11(2)16(15-4-3-5-20-15)19-10-13-6-12(9-18)7-14(17)8-13/h3-8,11,16,19H,10H2,1-2H3. The molecule has 104 valence electrons. The zero-order valence-corrected chi connectivity index (χ0v) is 12.4. The molecule has 0 radical (unpaired) electrons. The molecule has 0 spiro atoms. The number of nitrogens with zero attached hydrogens (tertiary/aromatic N) is 1. The maximum absolute atomic E-state index is 13.4. The van der Waals surface area contributed by atoms with Crippen LogP contribution in [0.4, 0.5) is 4.39 Å². The molecule has 20 heavy (non-hydrogen) atoms. The van der Waals surface area contributed by atoms with Gasteiger partial charge in [0.2, 0.25) is 0 Å². The Kier molecular flexibility index (Phi) is 4.89. The van der Waals surface area contributed by atoms with Crippen LogP contribution in [0.2, 0.25) is 0 Å². The Morgan fingerprint density at radius 3 is 2.75 bits per heavy atom. The first kappa shape index (κ1) is 14.7. The summed E-state index contributed by atoms with van der Waals surface area (Å²) in [7, 11) is 0. The van der Waals surface area contributed by atoms with E-state index in [4.69, 9.17) is 5.26 Å². The number of hydrogen-bond acceptors (Lipinski definition) is 3. The highest BCUT2D eigenvalue weighted by molar-refractivity contribution is 7.10. The summed E-state index contributed by atoms with van der Waals surface area (Å²) in [5.74, 6) is 0.0794. The summed E-state index contributed by atoms with van der Waals surface area (Å²) < 4.78 is 13.4. The second-order valence-electron chi connectivity index (χ2n) is 5.08. The van der Waals surface area contributed by atoms with Crippen molar-refractivity contribution in [3.05, 3.63) is 57.5 Å². The molecular formula is C16H17FN2S. The minimum absolute atomic E-state index is 0.240. The lowest BCUT2D eigenvalue weighted by Crippen LogP contribution is -2.24. The molecule has 1 unspecified atom stereocenters. The Morgan fingerprint density at radius 2 is 2.15 bits per heavy atom. The molecule has 1 atom stereocenters. The molecule has 1 aromatic carbocycles. The molecule has 0 bridgehead atoms. The van der Waals surface area contributed by atoms with Gasteiger partial charge >= 0.3 is 0 Å². The Labute approximate surface area is 122 Å². The van der Waals surface area contributed by atoms with Crippen LogP contribution in [0.1, 0.15) is 35.9 Å². The van der Waals surface area contributed by atoms with Crippen molar-refractivity contribution in [2.45, 2.75) is 26.4 Å². The number of thiophene rings is 1. The van der Waals surface area contributed by atoms with Gasteiger partial charge in [-0.15, -0.1) is 11.3 Å². The Morgan fingerprint density at radius 1 is 1.35 bits per heavy atom. The molecule has 0 saturated carbocycles. The third-order valence-electron chi connectivity index (χ3n) is 3.13. The molecule has 2 aromatic rings. The molecule has 1 aromatic heterocycles. The summed E-state index contributed by atoms with van der Waals surface area (Å²) in [5.41, 5.74) is 1.16. The van der Waals surface area contributed by atoms with Crippen LogP contribution in [-0.4, -0.2) is 0 Å². The number of hydrogen-bond donors (Lipinski definition) is 1. The van der Waals surface area contributed by atoms with Gasteiger partial charge in [0.25, 0.3) is 0 Å². The second kappa shape index (κ2) is 6.65. The summed E-state index contributed by atoms with van der Waals surface area (Å²) in [4.78, 5) is 1.27. The Hall–Kier alpha value is -1.70. The fourth-order valence-electron chi connectivity index (χ4n) is 2.18. The van der Waals surface area contributed by atoms with Gasteiger partial charge in [0.1, 0.15) is 5.82 Å². The number of halogens is 1. The largest absolute Gasteiger partial charge is 0.305 e. The van der Waals surface area contributed by atoms with Gasteiger partial charge in [-0.2, -0.15) is 5.26 Å². The lowest BCUT2D eigenvalue weighted by atomic mass is 10.0. The molecule has 0 saturated heterocycles. The predicted molar refractivity (Wildman–Crippen MR) is 79.9 cm³/mol. The molecule has 0 aliphatic heterocycles. The molecule has 0 aliphatic rings. The van der Waals surface area contributed by atoms with Gasteiger partial charge in [-0.05, 0) is 41.1 Å². The molecule has 2 rings (SSSR count). The van der Waals surface area contributed by atoms with Crippen LogP contribution in [-0.2, 0) is 6.54 Å². The van der Waals surface area contributed by atoms with E-state index in [9.17, 15) is 4.39 Å².